The van der Waals surface area contributed by atoms with Crippen LogP contribution < -0.4 is 5.32 Å². The predicted octanol–water partition coefficient (Wildman–Crippen LogP) is 5.29. The Labute approximate surface area is 155 Å². The molecule has 25 heavy (non-hydrogen) atoms. The van der Waals surface area contributed by atoms with E-state index < -0.39 is 11.6 Å². The first-order chi connectivity index (χ1) is 11.8. The van der Waals surface area contributed by atoms with Crippen molar-refractivity contribution < 1.29 is 13.6 Å². The van der Waals surface area contributed by atoms with Crippen molar-refractivity contribution in [1.82, 2.24) is 4.90 Å². The summed E-state index contributed by atoms with van der Waals surface area (Å²) >= 11 is 12.0. The molecule has 1 amide bonds. The second kappa shape index (κ2) is 8.61. The van der Waals surface area contributed by atoms with E-state index in [4.69, 9.17) is 23.2 Å². The molecule has 0 radical (unpaired) electrons. The number of carbonyl (C=O) groups is 1. The highest BCUT2D eigenvalue weighted by Crippen LogP contribution is 2.30. The fourth-order valence-corrected chi connectivity index (χ4v) is 2.85. The van der Waals surface area contributed by atoms with Crippen LogP contribution in [-0.4, -0.2) is 24.4 Å². The van der Waals surface area contributed by atoms with Gasteiger partial charge in [-0.2, -0.15) is 0 Å². The van der Waals surface area contributed by atoms with Gasteiger partial charge in [-0.3, -0.25) is 9.69 Å². The molecule has 1 unspecified atom stereocenters. The van der Waals surface area contributed by atoms with Crippen LogP contribution in [0.1, 0.15) is 24.9 Å². The Hall–Kier alpha value is -1.69. The number of carbonyl (C=O) groups excluding carboxylic acids is 1. The molecule has 0 saturated carbocycles. The van der Waals surface area contributed by atoms with Gasteiger partial charge in [-0.05, 0) is 44.3 Å². The zero-order valence-corrected chi connectivity index (χ0v) is 15.3. The topological polar surface area (TPSA) is 32.3 Å². The molecule has 0 aliphatic heterocycles. The molecular weight excluding hydrogens is 369 g/mol. The van der Waals surface area contributed by atoms with E-state index in [2.05, 4.69) is 5.32 Å². The molecule has 0 fully saturated rings. The molecule has 7 heteroatoms. The third-order valence-corrected chi connectivity index (χ3v) is 4.62. The predicted molar refractivity (Wildman–Crippen MR) is 97.1 cm³/mol. The van der Waals surface area contributed by atoms with Gasteiger partial charge in [0.2, 0.25) is 5.91 Å². The van der Waals surface area contributed by atoms with Gasteiger partial charge in [0.05, 0.1) is 15.7 Å². The van der Waals surface area contributed by atoms with Crippen LogP contribution in [0.25, 0.3) is 0 Å². The maximum Gasteiger partial charge on any atom is 0.225 e. The molecule has 3 nitrogen and oxygen atoms in total. The van der Waals surface area contributed by atoms with Crippen molar-refractivity contribution in [3.05, 3.63) is 63.6 Å². The van der Waals surface area contributed by atoms with Crippen LogP contribution in [-0.2, 0) is 4.79 Å². The van der Waals surface area contributed by atoms with Crippen molar-refractivity contribution in [3.8, 4) is 0 Å². The Morgan fingerprint density at radius 1 is 1.20 bits per heavy atom. The van der Waals surface area contributed by atoms with Crippen molar-refractivity contribution in [2.24, 2.45) is 0 Å². The van der Waals surface area contributed by atoms with E-state index in [0.717, 1.165) is 12.1 Å². The number of rotatable bonds is 6. The minimum atomic E-state index is -0.497. The Morgan fingerprint density at radius 3 is 2.48 bits per heavy atom. The zero-order valence-electron chi connectivity index (χ0n) is 13.8. The molecule has 0 heterocycles. The Bertz CT molecular complexity index is 750. The summed E-state index contributed by atoms with van der Waals surface area (Å²) in [6.45, 7) is 2.10. The van der Waals surface area contributed by atoms with E-state index in [1.54, 1.807) is 37.1 Å². The third-order valence-electron chi connectivity index (χ3n) is 3.99. The van der Waals surface area contributed by atoms with Crippen LogP contribution in [0.3, 0.4) is 0 Å². The fraction of sp³-hybridized carbons (Fsp3) is 0.278. The molecule has 1 atom stereocenters. The summed E-state index contributed by atoms with van der Waals surface area (Å²) in [7, 11) is 1.74. The SMILES string of the molecule is CC(c1cc(F)ccc1F)N(C)CCC(=O)Nc1c(Cl)cccc1Cl. The average molecular weight is 387 g/mol. The number of halogens is 4. The van der Waals surface area contributed by atoms with Crippen molar-refractivity contribution in [2.75, 3.05) is 18.9 Å². The number of nitrogens with zero attached hydrogens (tertiary/aromatic N) is 1. The summed E-state index contributed by atoms with van der Waals surface area (Å²) in [4.78, 5) is 13.9. The highest BCUT2D eigenvalue weighted by Gasteiger charge is 2.18. The molecule has 0 saturated heterocycles. The quantitative estimate of drug-likeness (QED) is 0.730. The Morgan fingerprint density at radius 2 is 1.84 bits per heavy atom. The largest absolute Gasteiger partial charge is 0.324 e. The van der Waals surface area contributed by atoms with E-state index >= 15 is 0 Å². The van der Waals surface area contributed by atoms with E-state index in [-0.39, 0.29) is 23.9 Å². The first kappa shape index (κ1) is 19.6. The minimum absolute atomic E-state index is 0.152. The van der Waals surface area contributed by atoms with Gasteiger partial charge in [-0.25, -0.2) is 8.78 Å². The molecule has 0 aromatic heterocycles. The lowest BCUT2D eigenvalue weighted by Gasteiger charge is -2.25. The first-order valence-electron chi connectivity index (χ1n) is 7.68. The molecular formula is C18H18Cl2F2N2O. The molecule has 2 aromatic carbocycles. The van der Waals surface area contributed by atoms with Gasteiger partial charge in [0.1, 0.15) is 11.6 Å². The lowest BCUT2D eigenvalue weighted by molar-refractivity contribution is -0.116. The van der Waals surface area contributed by atoms with Crippen molar-refractivity contribution >= 4 is 34.8 Å². The van der Waals surface area contributed by atoms with Gasteiger partial charge in [0, 0.05) is 24.6 Å². The average Bonchev–Trinajstić information content (AvgIpc) is 2.57. The van der Waals surface area contributed by atoms with Gasteiger partial charge in [0.15, 0.2) is 0 Å². The van der Waals surface area contributed by atoms with E-state index in [1.807, 2.05) is 0 Å². The maximum atomic E-state index is 13.9. The lowest BCUT2D eigenvalue weighted by Crippen LogP contribution is -2.27. The van der Waals surface area contributed by atoms with Crippen molar-refractivity contribution in [2.45, 2.75) is 19.4 Å². The highest BCUT2D eigenvalue weighted by atomic mass is 35.5. The number of amides is 1. The normalized spacial score (nSPS) is 12.3. The second-order valence-electron chi connectivity index (χ2n) is 5.72. The van der Waals surface area contributed by atoms with Crippen molar-refractivity contribution in [1.29, 1.82) is 0 Å². The van der Waals surface area contributed by atoms with Gasteiger partial charge in [-0.1, -0.05) is 29.3 Å². The Balaban J connectivity index is 1.96. The van der Waals surface area contributed by atoms with Crippen LogP contribution in [0.2, 0.25) is 10.0 Å². The fourth-order valence-electron chi connectivity index (χ4n) is 2.36. The van der Waals surface area contributed by atoms with Gasteiger partial charge in [-0.15, -0.1) is 0 Å². The van der Waals surface area contributed by atoms with Crippen LogP contribution >= 0.6 is 23.2 Å². The number of hydrogen-bond donors (Lipinski definition) is 1. The summed E-state index contributed by atoms with van der Waals surface area (Å²) in [6.07, 6.45) is 0.152. The molecule has 0 aliphatic rings. The number of nitrogens with one attached hydrogen (secondary N) is 1. The summed E-state index contributed by atoms with van der Waals surface area (Å²) in [6, 6.07) is 7.90. The molecule has 0 aliphatic carbocycles. The van der Waals surface area contributed by atoms with Crippen LogP contribution in [0.4, 0.5) is 14.5 Å². The number of benzene rings is 2. The summed E-state index contributed by atoms with van der Waals surface area (Å²) in [5.41, 5.74) is 0.611. The zero-order chi connectivity index (χ0) is 18.6. The monoisotopic (exact) mass is 386 g/mol. The van der Waals surface area contributed by atoms with Crippen LogP contribution in [0.5, 0.6) is 0 Å². The van der Waals surface area contributed by atoms with Crippen LogP contribution in [0, 0.1) is 11.6 Å². The lowest BCUT2D eigenvalue weighted by atomic mass is 10.1. The van der Waals surface area contributed by atoms with Crippen LogP contribution in [0.15, 0.2) is 36.4 Å². The number of anilines is 1. The molecule has 0 spiro atoms. The van der Waals surface area contributed by atoms with Crippen molar-refractivity contribution in [3.63, 3.8) is 0 Å². The van der Waals surface area contributed by atoms with E-state index in [9.17, 15) is 13.6 Å². The molecule has 2 aromatic rings. The Kier molecular flexibility index (Phi) is 6.76. The number of para-hydroxylation sites is 1. The van der Waals surface area contributed by atoms with Gasteiger partial charge < -0.3 is 5.32 Å². The summed E-state index contributed by atoms with van der Waals surface area (Å²) < 4.78 is 27.2. The van der Waals surface area contributed by atoms with E-state index in [1.165, 1.54) is 6.07 Å². The standard InChI is InChI=1S/C18H18Cl2F2N2O/c1-11(13-10-12(21)6-7-16(13)22)24(2)9-8-17(25)23-18-14(19)4-3-5-15(18)20/h3-7,10-11H,8-9H2,1-2H3,(H,23,25). The molecule has 1 N–H and O–H groups in total. The second-order valence-corrected chi connectivity index (χ2v) is 6.53. The van der Waals surface area contributed by atoms with Gasteiger partial charge >= 0.3 is 0 Å². The maximum absolute atomic E-state index is 13.9. The summed E-state index contributed by atoms with van der Waals surface area (Å²) in [5.74, 6) is -1.25. The summed E-state index contributed by atoms with van der Waals surface area (Å²) in [5, 5.41) is 3.37. The first-order valence-corrected chi connectivity index (χ1v) is 8.44. The molecule has 134 valence electrons. The van der Waals surface area contributed by atoms with Gasteiger partial charge in [0.25, 0.3) is 0 Å². The third kappa shape index (κ3) is 5.14. The smallest absolute Gasteiger partial charge is 0.225 e. The number of hydrogen-bond acceptors (Lipinski definition) is 2. The highest BCUT2D eigenvalue weighted by molar-refractivity contribution is 6.39. The molecule has 0 bridgehead atoms. The molecule has 2 rings (SSSR count). The van der Waals surface area contributed by atoms with E-state index in [0.29, 0.717) is 22.3 Å². The minimum Gasteiger partial charge on any atom is -0.324 e.